The molecule has 0 heterocycles. The van der Waals surface area contributed by atoms with Crippen LogP contribution >= 0.6 is 0 Å². The summed E-state index contributed by atoms with van der Waals surface area (Å²) in [5, 5.41) is 11.0. The van der Waals surface area contributed by atoms with Crippen molar-refractivity contribution in [1.29, 1.82) is 0 Å². The van der Waals surface area contributed by atoms with E-state index >= 15 is 0 Å². The highest BCUT2D eigenvalue weighted by molar-refractivity contribution is 5.79. The summed E-state index contributed by atoms with van der Waals surface area (Å²) in [4.78, 5) is 21.4. The standard InChI is InChI=1S/C14H10FNO4/c1-9-3-2-4-13(14(9)16(18)19)20-12-6-5-11(15)7-10(12)8-17/h2-8H,1H3. The molecule has 102 valence electrons. The number of carbonyl (C=O) groups excluding carboxylic acids is 1. The summed E-state index contributed by atoms with van der Waals surface area (Å²) in [5.74, 6) is -0.516. The van der Waals surface area contributed by atoms with E-state index in [0.717, 1.165) is 12.1 Å². The lowest BCUT2D eigenvalue weighted by atomic mass is 10.2. The van der Waals surface area contributed by atoms with E-state index in [1.807, 2.05) is 0 Å². The van der Waals surface area contributed by atoms with Gasteiger partial charge < -0.3 is 4.74 Å². The van der Waals surface area contributed by atoms with Crippen molar-refractivity contribution in [2.75, 3.05) is 0 Å². The average molecular weight is 275 g/mol. The molecule has 0 atom stereocenters. The third-order valence-electron chi connectivity index (χ3n) is 2.70. The first-order valence-corrected chi connectivity index (χ1v) is 5.69. The number of aryl methyl sites for hydroxylation is 1. The van der Waals surface area contributed by atoms with Crippen LogP contribution in [0.4, 0.5) is 10.1 Å². The summed E-state index contributed by atoms with van der Waals surface area (Å²) < 4.78 is 18.4. The molecule has 0 N–H and O–H groups in total. The van der Waals surface area contributed by atoms with E-state index in [1.54, 1.807) is 19.1 Å². The quantitative estimate of drug-likeness (QED) is 0.485. The van der Waals surface area contributed by atoms with Gasteiger partial charge in [0.15, 0.2) is 6.29 Å². The van der Waals surface area contributed by atoms with Crippen LogP contribution in [0.25, 0.3) is 0 Å². The van der Waals surface area contributed by atoms with Crippen LogP contribution < -0.4 is 4.74 Å². The van der Waals surface area contributed by atoms with Gasteiger partial charge in [-0.2, -0.15) is 0 Å². The van der Waals surface area contributed by atoms with Gasteiger partial charge in [0.2, 0.25) is 5.75 Å². The maximum absolute atomic E-state index is 13.0. The van der Waals surface area contributed by atoms with Gasteiger partial charge in [-0.3, -0.25) is 14.9 Å². The predicted octanol–water partition coefficient (Wildman–Crippen LogP) is 3.65. The Kier molecular flexibility index (Phi) is 3.74. The molecule has 2 rings (SSSR count). The van der Waals surface area contributed by atoms with Crippen molar-refractivity contribution in [3.8, 4) is 11.5 Å². The molecular weight excluding hydrogens is 265 g/mol. The molecule has 0 aliphatic carbocycles. The molecule has 0 saturated carbocycles. The van der Waals surface area contributed by atoms with Crippen LogP contribution in [-0.2, 0) is 0 Å². The molecule has 0 aliphatic heterocycles. The van der Waals surface area contributed by atoms with E-state index in [9.17, 15) is 19.3 Å². The van der Waals surface area contributed by atoms with E-state index in [2.05, 4.69) is 0 Å². The number of hydrogen-bond donors (Lipinski definition) is 0. The summed E-state index contributed by atoms with van der Waals surface area (Å²) in [5.41, 5.74) is 0.233. The fourth-order valence-electron chi connectivity index (χ4n) is 1.77. The number of benzene rings is 2. The van der Waals surface area contributed by atoms with E-state index in [0.29, 0.717) is 11.8 Å². The molecule has 0 unspecified atom stereocenters. The molecule has 0 saturated heterocycles. The zero-order chi connectivity index (χ0) is 14.7. The Balaban J connectivity index is 2.48. The number of halogens is 1. The molecule has 0 amide bonds. The van der Waals surface area contributed by atoms with Gasteiger partial charge in [-0.25, -0.2) is 4.39 Å². The molecular formula is C14H10FNO4. The molecule has 0 aliphatic rings. The van der Waals surface area contributed by atoms with Crippen molar-refractivity contribution in [3.05, 3.63) is 63.5 Å². The topological polar surface area (TPSA) is 69.4 Å². The Morgan fingerprint density at radius 3 is 2.65 bits per heavy atom. The maximum atomic E-state index is 13.0. The van der Waals surface area contributed by atoms with Crippen molar-refractivity contribution in [2.45, 2.75) is 6.92 Å². The van der Waals surface area contributed by atoms with Gasteiger partial charge >= 0.3 is 5.69 Å². The van der Waals surface area contributed by atoms with E-state index in [-0.39, 0.29) is 22.7 Å². The van der Waals surface area contributed by atoms with E-state index in [4.69, 9.17) is 4.74 Å². The van der Waals surface area contributed by atoms with Crippen molar-refractivity contribution < 1.29 is 18.8 Å². The minimum Gasteiger partial charge on any atom is -0.449 e. The fraction of sp³-hybridized carbons (Fsp3) is 0.0714. The Morgan fingerprint density at radius 2 is 2.00 bits per heavy atom. The molecule has 0 spiro atoms. The molecule has 6 heteroatoms. The first-order valence-electron chi connectivity index (χ1n) is 5.69. The Labute approximate surface area is 113 Å². The fourth-order valence-corrected chi connectivity index (χ4v) is 1.77. The Hall–Kier alpha value is -2.76. The monoisotopic (exact) mass is 275 g/mol. The Morgan fingerprint density at radius 1 is 1.25 bits per heavy atom. The zero-order valence-electron chi connectivity index (χ0n) is 10.5. The lowest BCUT2D eigenvalue weighted by molar-refractivity contribution is -0.386. The van der Waals surface area contributed by atoms with Crippen LogP contribution in [0.15, 0.2) is 36.4 Å². The number of carbonyl (C=O) groups is 1. The maximum Gasteiger partial charge on any atom is 0.314 e. The highest BCUT2D eigenvalue weighted by Crippen LogP contribution is 2.34. The molecule has 0 radical (unpaired) electrons. The second-order valence-electron chi connectivity index (χ2n) is 4.08. The molecule has 2 aromatic carbocycles. The number of hydrogen-bond acceptors (Lipinski definition) is 4. The van der Waals surface area contributed by atoms with Crippen molar-refractivity contribution in [3.63, 3.8) is 0 Å². The molecule has 2 aromatic rings. The summed E-state index contributed by atoms with van der Waals surface area (Å²) in [6, 6.07) is 7.97. The van der Waals surface area contributed by atoms with Gasteiger partial charge in [0.25, 0.3) is 0 Å². The van der Waals surface area contributed by atoms with Gasteiger partial charge in [-0.15, -0.1) is 0 Å². The normalized spacial score (nSPS) is 10.1. The molecule has 0 aromatic heterocycles. The van der Waals surface area contributed by atoms with Gasteiger partial charge in [-0.05, 0) is 31.2 Å². The van der Waals surface area contributed by atoms with Crippen LogP contribution in [0.2, 0.25) is 0 Å². The SMILES string of the molecule is Cc1cccc(Oc2ccc(F)cc2C=O)c1[N+](=O)[O-]. The summed E-state index contributed by atoms with van der Waals surface area (Å²) in [6.45, 7) is 1.58. The third-order valence-corrected chi connectivity index (χ3v) is 2.70. The van der Waals surface area contributed by atoms with Crippen molar-refractivity contribution in [2.24, 2.45) is 0 Å². The van der Waals surface area contributed by atoms with Crippen LogP contribution in [0.1, 0.15) is 15.9 Å². The van der Waals surface area contributed by atoms with Crippen LogP contribution in [-0.4, -0.2) is 11.2 Å². The van der Waals surface area contributed by atoms with Gasteiger partial charge in [0, 0.05) is 5.56 Å². The van der Waals surface area contributed by atoms with Gasteiger partial charge in [0.1, 0.15) is 11.6 Å². The highest BCUT2D eigenvalue weighted by Gasteiger charge is 2.19. The summed E-state index contributed by atoms with van der Waals surface area (Å²) >= 11 is 0. The number of nitrogens with zero attached hydrogens (tertiary/aromatic N) is 1. The number of rotatable bonds is 4. The lowest BCUT2D eigenvalue weighted by Gasteiger charge is -2.09. The number of aldehydes is 1. The lowest BCUT2D eigenvalue weighted by Crippen LogP contribution is -1.98. The number of nitro groups is 1. The Bertz CT molecular complexity index is 685. The number of para-hydroxylation sites is 1. The number of ether oxygens (including phenoxy) is 1. The summed E-state index contributed by atoms with van der Waals surface area (Å²) in [7, 11) is 0. The van der Waals surface area contributed by atoms with Gasteiger partial charge in [0.05, 0.1) is 10.5 Å². The first kappa shape index (κ1) is 13.7. The van der Waals surface area contributed by atoms with Crippen molar-refractivity contribution >= 4 is 12.0 Å². The van der Waals surface area contributed by atoms with E-state index < -0.39 is 10.7 Å². The molecule has 0 bridgehead atoms. The highest BCUT2D eigenvalue weighted by atomic mass is 19.1. The van der Waals surface area contributed by atoms with Crippen LogP contribution in [0.3, 0.4) is 0 Å². The minimum absolute atomic E-state index is 0.00436. The first-order chi connectivity index (χ1) is 9.52. The predicted molar refractivity (Wildman–Crippen MR) is 69.7 cm³/mol. The van der Waals surface area contributed by atoms with Crippen LogP contribution in [0, 0.1) is 22.9 Å². The van der Waals surface area contributed by atoms with E-state index in [1.165, 1.54) is 12.1 Å². The molecule has 5 nitrogen and oxygen atoms in total. The molecule has 20 heavy (non-hydrogen) atoms. The number of nitro benzene ring substituents is 1. The smallest absolute Gasteiger partial charge is 0.314 e. The third kappa shape index (κ3) is 2.64. The zero-order valence-corrected chi connectivity index (χ0v) is 10.5. The van der Waals surface area contributed by atoms with Gasteiger partial charge in [-0.1, -0.05) is 12.1 Å². The summed E-state index contributed by atoms with van der Waals surface area (Å²) in [6.07, 6.45) is 0.431. The van der Waals surface area contributed by atoms with Crippen LogP contribution in [0.5, 0.6) is 11.5 Å². The average Bonchev–Trinajstić information content (AvgIpc) is 2.40. The largest absolute Gasteiger partial charge is 0.449 e. The molecule has 0 fully saturated rings. The second-order valence-corrected chi connectivity index (χ2v) is 4.08. The van der Waals surface area contributed by atoms with Crippen molar-refractivity contribution in [1.82, 2.24) is 0 Å². The second kappa shape index (κ2) is 5.48. The minimum atomic E-state index is -0.585.